The molecule has 0 fully saturated rings. The van der Waals surface area contributed by atoms with E-state index in [2.05, 4.69) is 0 Å². The standard InChI is InChI=1S/B20/c1-10-14(5)19(15(6)11-2)18(9)20(16(7)12-3)17(8)13-4. The molecule has 0 rings (SSSR count). The first-order chi connectivity index (χ1) is 9.35. The van der Waals surface area contributed by atoms with E-state index in [1.165, 1.54) is 28.2 Å². The zero-order valence-electron chi connectivity index (χ0n) is 11.5. The van der Waals surface area contributed by atoms with Gasteiger partial charge >= 0.3 is 0 Å². The van der Waals surface area contributed by atoms with Crippen LogP contribution in [-0.2, 0) is 0 Å². The number of rotatable bonds is 10. The van der Waals surface area contributed by atoms with Crippen molar-refractivity contribution < 1.29 is 0 Å². The third-order valence-electron chi connectivity index (χ3n) is 3.56. The van der Waals surface area contributed by atoms with Crippen molar-refractivity contribution in [2.45, 2.75) is 0 Å². The highest BCUT2D eigenvalue weighted by atomic mass is 13.2. The smallest absolute Gasteiger partial charge is 0 e. The highest BCUT2D eigenvalue weighted by molar-refractivity contribution is 8.15. The van der Waals surface area contributed by atoms with Crippen molar-refractivity contribution in [1.82, 2.24) is 0 Å². The van der Waals surface area contributed by atoms with Crippen molar-refractivity contribution in [1.29, 1.82) is 0 Å². The van der Waals surface area contributed by atoms with Crippen LogP contribution in [0.4, 0.5) is 0 Å². The summed E-state index contributed by atoms with van der Waals surface area (Å²) < 4.78 is 0. The third-order valence-corrected chi connectivity index (χ3v) is 3.56. The molecule has 0 N–H and O–H groups in total. The second-order valence-corrected chi connectivity index (χ2v) is 4.81. The lowest BCUT2D eigenvalue weighted by Crippen LogP contribution is -2.77. The molecule has 0 saturated carbocycles. The molecule has 20 heavy (non-hydrogen) atoms. The Hall–Kier alpha value is 1.30. The Kier molecular flexibility index (Phi) is 11.6. The maximum absolute atomic E-state index is 6.25. The van der Waals surface area contributed by atoms with Gasteiger partial charge in [0.15, 0.2) is 0 Å². The van der Waals surface area contributed by atoms with Gasteiger partial charge in [-0.1, -0.05) is 0 Å². The Morgan fingerprint density at radius 1 is 0.450 bits per heavy atom. The monoisotopic (exact) mass is 220 g/mol. The first-order valence-corrected chi connectivity index (χ1v) is 6.33. The summed E-state index contributed by atoms with van der Waals surface area (Å²) >= 11 is 0. The molecular weight excluding hydrogens is 216 g/mol. The molecule has 0 heterocycles. The van der Waals surface area contributed by atoms with E-state index in [1.54, 1.807) is 0 Å². The molecule has 0 aliphatic heterocycles. The van der Waals surface area contributed by atoms with Crippen LogP contribution < -0.4 is 0 Å². The molecule has 0 atom stereocenters. The Balaban J connectivity index is 5.28. The molecule has 0 unspecified atom stereocenters. The predicted molar refractivity (Wildman–Crippen MR) is 115 cm³/mol. The molecule has 20 heteroatoms. The fourth-order valence-electron chi connectivity index (χ4n) is 2.31. The van der Waals surface area contributed by atoms with E-state index in [0.29, 0.717) is 0 Å². The van der Waals surface area contributed by atoms with Gasteiger partial charge in [0.1, 0.15) is 0 Å². The minimum Gasteiger partial charge on any atom is 0 e. The Morgan fingerprint density at radius 3 is 0.800 bits per heavy atom. The van der Waals surface area contributed by atoms with Crippen molar-refractivity contribution in [3.05, 3.63) is 0 Å². The van der Waals surface area contributed by atoms with E-state index in [9.17, 15) is 0 Å². The van der Waals surface area contributed by atoms with Gasteiger partial charge < -0.3 is 0 Å². The molecule has 0 bridgehead atoms. The summed E-state index contributed by atoms with van der Waals surface area (Å²) in [7, 11) is 57.1. The van der Waals surface area contributed by atoms with Gasteiger partial charge in [0.25, 0.3) is 0 Å². The van der Waals surface area contributed by atoms with Crippen LogP contribution >= 0.6 is 0 Å². The molecule has 0 aromatic carbocycles. The molecule has 0 nitrogen and oxygen atoms in total. The highest BCUT2D eigenvalue weighted by Gasteiger charge is 2.40. The summed E-state index contributed by atoms with van der Waals surface area (Å²) in [5.74, 6) is 0. The average Bonchev–Trinajstić information content (AvgIpc) is 2.46. The van der Waals surface area contributed by atoms with Gasteiger partial charge in [-0.05, 0) is 0 Å². The third kappa shape index (κ3) is 5.83. The molecule has 0 amide bonds. The number of hydrogen-bond donors (Lipinski definition) is 0. The minimum atomic E-state index is -0.593. The molecule has 0 aliphatic carbocycles. The van der Waals surface area contributed by atoms with Crippen LogP contribution in [0.1, 0.15) is 0 Å². The van der Waals surface area contributed by atoms with Gasteiger partial charge in [-0.25, -0.2) is 0 Å². The molecule has 0 saturated heterocycles. The van der Waals surface area contributed by atoms with Crippen molar-refractivity contribution in [2.75, 3.05) is 0 Å². The summed E-state index contributed by atoms with van der Waals surface area (Å²) in [5, 5.41) is 0. The molecule has 60 valence electrons. The summed E-state index contributed by atoms with van der Waals surface area (Å²) in [5.41, 5.74) is 0. The van der Waals surface area contributed by atoms with Crippen molar-refractivity contribution in [2.24, 2.45) is 0 Å². The van der Waals surface area contributed by atoms with E-state index in [-0.39, 0.29) is 0 Å². The fraction of sp³-hybridized carbons (Fsp3) is 0. The first-order valence-electron chi connectivity index (χ1n) is 6.33. The van der Waals surface area contributed by atoms with Gasteiger partial charge in [0.05, 0.1) is 0 Å². The highest BCUT2D eigenvalue weighted by Crippen LogP contribution is 2.02. The topological polar surface area (TPSA) is 0 Å². The molecule has 0 aromatic rings. The summed E-state index contributed by atoms with van der Waals surface area (Å²) in [4.78, 5) is 0. The van der Waals surface area contributed by atoms with Gasteiger partial charge in [-0.3, -0.25) is 0 Å². The van der Waals surface area contributed by atoms with E-state index in [1.807, 2.05) is 0 Å². The normalized spacial score (nSPS) is 8.80. The maximum atomic E-state index is 6.25. The molecular formula is B20. The summed E-state index contributed by atoms with van der Waals surface area (Å²) in [6, 6.07) is 0. The predicted octanol–water partition coefficient (Wildman–Crippen LogP) is -7.62. The van der Waals surface area contributed by atoms with Gasteiger partial charge in [0.2, 0.25) is 0 Å². The van der Waals surface area contributed by atoms with E-state index < -0.39 is 44.7 Å². The summed E-state index contributed by atoms with van der Waals surface area (Å²) in [6.45, 7) is 0. The van der Waals surface area contributed by atoms with E-state index >= 15 is 0 Å². The van der Waals surface area contributed by atoms with Crippen molar-refractivity contribution >= 4 is 143 Å². The first kappa shape index (κ1) is 21.3. The second kappa shape index (κ2) is 10.9. The number of hydrogen-bond acceptors (Lipinski definition) is 0. The molecule has 0 aromatic heterocycles. The van der Waals surface area contributed by atoms with Crippen LogP contribution in [0.5, 0.6) is 0 Å². The second-order valence-electron chi connectivity index (χ2n) is 4.81. The van der Waals surface area contributed by atoms with Crippen LogP contribution in [0.25, 0.3) is 0 Å². The lowest BCUT2D eigenvalue weighted by atomic mass is 8.43. The Morgan fingerprint density at radius 2 is 0.650 bits per heavy atom. The SMILES string of the molecule is [B][B]B([B])B(B([B])[B][B])B([B])B(B([B])[B][B])B([B])[B][B]. The van der Waals surface area contributed by atoms with Gasteiger partial charge in [-0.2, -0.15) is 0 Å². The average molecular weight is 216 g/mol. The van der Waals surface area contributed by atoms with Gasteiger partial charge in [0, 0.05) is 143 Å². The quantitative estimate of drug-likeness (QED) is 0.318. The van der Waals surface area contributed by atoms with E-state index in [4.69, 9.17) is 69.6 Å². The summed E-state index contributed by atoms with van der Waals surface area (Å²) in [6.07, 6.45) is -3.79. The zero-order chi connectivity index (χ0) is 15.9. The van der Waals surface area contributed by atoms with Crippen LogP contribution in [0.2, 0.25) is 0 Å². The Bertz CT molecular complexity index is 188. The Labute approximate surface area is 142 Å². The van der Waals surface area contributed by atoms with Crippen LogP contribution in [0.15, 0.2) is 0 Å². The minimum absolute atomic E-state index is 0.452. The zero-order valence-corrected chi connectivity index (χ0v) is 11.5. The van der Waals surface area contributed by atoms with Crippen molar-refractivity contribution in [3.63, 3.8) is 0 Å². The molecule has 0 spiro atoms. The van der Waals surface area contributed by atoms with Crippen molar-refractivity contribution in [3.8, 4) is 0 Å². The van der Waals surface area contributed by atoms with Crippen LogP contribution in [0.3, 0.4) is 0 Å². The molecule has 22 radical (unpaired) electrons. The van der Waals surface area contributed by atoms with Crippen LogP contribution in [0, 0.1) is 0 Å². The lowest BCUT2D eigenvalue weighted by molar-refractivity contribution is 3.37. The molecule has 0 aliphatic rings. The van der Waals surface area contributed by atoms with Gasteiger partial charge in [-0.15, -0.1) is 0 Å². The maximum Gasteiger partial charge on any atom is 0 e. The van der Waals surface area contributed by atoms with E-state index in [0.717, 1.165) is 0 Å². The van der Waals surface area contributed by atoms with Crippen LogP contribution in [-0.4, -0.2) is 143 Å². The fourth-order valence-corrected chi connectivity index (χ4v) is 2.31. The lowest BCUT2D eigenvalue weighted by Gasteiger charge is -2.39. The largest absolute Gasteiger partial charge is 0 e.